The molecule has 9 rings (SSSR count). The van der Waals surface area contributed by atoms with E-state index in [1.165, 1.54) is 37.4 Å². The quantitative estimate of drug-likeness (QED) is 0.0232. The van der Waals surface area contributed by atoms with Crippen molar-refractivity contribution in [3.63, 3.8) is 0 Å². The number of fused-ring (bicyclic) bond motifs is 1. The van der Waals surface area contributed by atoms with E-state index in [9.17, 15) is 44.1 Å². The Morgan fingerprint density at radius 3 is 1.22 bits per heavy atom. The zero-order chi connectivity index (χ0) is 63.9. The number of anilines is 3. The number of carboxylic acids is 3. The van der Waals surface area contributed by atoms with Gasteiger partial charge in [-0.15, -0.1) is 0 Å². The summed E-state index contributed by atoms with van der Waals surface area (Å²) in [5, 5.41) is 37.0. The van der Waals surface area contributed by atoms with Crippen molar-refractivity contribution in [2.24, 2.45) is 11.8 Å². The van der Waals surface area contributed by atoms with Crippen LogP contribution < -0.4 is 16.0 Å². The van der Waals surface area contributed by atoms with Gasteiger partial charge in [0.1, 0.15) is 5.69 Å². The molecule has 3 amide bonds. The van der Waals surface area contributed by atoms with Crippen LogP contribution in [0.15, 0.2) is 176 Å². The highest BCUT2D eigenvalue weighted by Gasteiger charge is 2.19. The third-order valence-electron chi connectivity index (χ3n) is 16.7. The van der Waals surface area contributed by atoms with Crippen molar-refractivity contribution in [1.29, 1.82) is 0 Å². The first-order valence-electron chi connectivity index (χ1n) is 32.1. The summed E-state index contributed by atoms with van der Waals surface area (Å²) < 4.78 is 0. The lowest BCUT2D eigenvalue weighted by Crippen LogP contribution is -2.20. The number of carboxylic acid groups (broad SMARTS) is 3. The Morgan fingerprint density at radius 2 is 0.800 bits per heavy atom. The molecular formula is C76H87N5O9. The van der Waals surface area contributed by atoms with E-state index in [1.807, 2.05) is 135 Å². The van der Waals surface area contributed by atoms with Gasteiger partial charge >= 0.3 is 17.9 Å². The molecule has 1 unspecified atom stereocenters. The highest BCUT2D eigenvalue weighted by atomic mass is 16.4. The van der Waals surface area contributed by atoms with Crippen molar-refractivity contribution >= 4 is 63.7 Å². The van der Waals surface area contributed by atoms with Crippen LogP contribution in [-0.4, -0.2) is 60.9 Å². The lowest BCUT2D eigenvalue weighted by atomic mass is 9.99. The number of hydrogen-bond donors (Lipinski definition) is 6. The Labute approximate surface area is 530 Å². The van der Waals surface area contributed by atoms with E-state index in [0.29, 0.717) is 28.6 Å². The van der Waals surface area contributed by atoms with Crippen LogP contribution in [0.25, 0.3) is 11.0 Å². The number of aromatic nitrogens is 2. The van der Waals surface area contributed by atoms with Gasteiger partial charge in [0.15, 0.2) is 0 Å². The van der Waals surface area contributed by atoms with Gasteiger partial charge in [0.25, 0.3) is 5.91 Å². The number of aromatic carboxylic acids is 3. The molecule has 8 aromatic rings. The Morgan fingerprint density at radius 1 is 0.444 bits per heavy atom. The summed E-state index contributed by atoms with van der Waals surface area (Å²) in [6.45, 7) is 3.95. The first-order chi connectivity index (χ1) is 43.8. The molecule has 0 bridgehead atoms. The van der Waals surface area contributed by atoms with Gasteiger partial charge in [-0.2, -0.15) is 0 Å². The largest absolute Gasteiger partial charge is 0.478 e. The SMILES string of the molecule is CCC(C)C(=O)Nc1ccccc1CCCCCc1ccccc1C(=O)O.O=C(CCC1CCCC1)Nc1ccccc1CCCCCc1ccccc1C(=O)O.O=C(Nc1ccccc1CCCCCc1ccccc1C(=O)O)c1cnc2ccccc2n1. The molecule has 470 valence electrons. The fourth-order valence-electron chi connectivity index (χ4n) is 11.4. The molecule has 1 fully saturated rings. The van der Waals surface area contributed by atoms with Gasteiger partial charge in [0.05, 0.1) is 33.9 Å². The standard InChI is InChI=1S/C27H25N3O3.C26H33NO3.C23H29NO3/c31-26(25-18-28-23-16-8-9-17-24(23)29-25)30-22-15-7-5-13-20(22)12-3-1-2-10-19-11-4-6-14-21(19)27(32)33;28-25(19-18-20-10-4-5-11-20)27-24-17-9-7-15-22(24)14-3-1-2-12-21-13-6-8-16-23(21)26(29)30;1-3-17(2)22(25)24-21-16-10-8-14-19(21)13-6-4-5-11-18-12-7-9-15-20(18)23(26)27/h4-9,11,13-18H,1-3,10,12H2,(H,30,31)(H,32,33);6-9,13,15-17,20H,1-5,10-12,14,18-19H2,(H,27,28)(H,29,30);7-10,12,14-17H,3-6,11,13H2,1-2H3,(H,24,25)(H,26,27). The minimum Gasteiger partial charge on any atom is -0.478 e. The monoisotopic (exact) mass is 1210 g/mol. The molecule has 1 aliphatic rings. The van der Waals surface area contributed by atoms with E-state index in [4.69, 9.17) is 0 Å². The maximum Gasteiger partial charge on any atom is 0.335 e. The zero-order valence-corrected chi connectivity index (χ0v) is 52.1. The molecule has 90 heavy (non-hydrogen) atoms. The number of nitrogens with zero attached hydrogens (tertiary/aromatic N) is 2. The molecule has 1 saturated carbocycles. The summed E-state index contributed by atoms with van der Waals surface area (Å²) in [7, 11) is 0. The average Bonchev–Trinajstić information content (AvgIpc) is 2.69. The highest BCUT2D eigenvalue weighted by molar-refractivity contribution is 6.04. The van der Waals surface area contributed by atoms with E-state index in [1.54, 1.807) is 36.4 Å². The fourth-order valence-corrected chi connectivity index (χ4v) is 11.4. The molecule has 6 N–H and O–H groups in total. The lowest BCUT2D eigenvalue weighted by molar-refractivity contribution is -0.119. The van der Waals surface area contributed by atoms with Crippen molar-refractivity contribution in [2.45, 2.75) is 155 Å². The van der Waals surface area contributed by atoms with E-state index < -0.39 is 17.9 Å². The van der Waals surface area contributed by atoms with E-state index >= 15 is 0 Å². The van der Waals surface area contributed by atoms with Crippen molar-refractivity contribution < 1.29 is 44.1 Å². The number of nitrogens with one attached hydrogen (secondary N) is 3. The normalized spacial score (nSPS) is 12.2. The maximum absolute atomic E-state index is 12.8. The minimum absolute atomic E-state index is 0.00681. The molecule has 14 nitrogen and oxygen atoms in total. The number of carbonyl (C=O) groups is 6. The molecule has 0 saturated heterocycles. The molecule has 14 heteroatoms. The van der Waals surface area contributed by atoms with Crippen molar-refractivity contribution in [1.82, 2.24) is 9.97 Å². The first kappa shape index (κ1) is 68.2. The van der Waals surface area contributed by atoms with E-state index in [-0.39, 0.29) is 29.3 Å². The Kier molecular flexibility index (Phi) is 27.9. The Balaban J connectivity index is 0.000000193. The number of hydrogen-bond acceptors (Lipinski definition) is 8. The molecule has 1 aromatic heterocycles. The van der Waals surface area contributed by atoms with Crippen LogP contribution in [0.3, 0.4) is 0 Å². The number of benzene rings is 7. The molecule has 0 spiro atoms. The van der Waals surface area contributed by atoms with Gasteiger partial charge in [0, 0.05) is 29.4 Å². The number of carbonyl (C=O) groups excluding carboxylic acids is 3. The van der Waals surface area contributed by atoms with Crippen LogP contribution in [0.2, 0.25) is 0 Å². The molecule has 1 aliphatic carbocycles. The molecule has 0 aliphatic heterocycles. The topological polar surface area (TPSA) is 225 Å². The first-order valence-corrected chi connectivity index (χ1v) is 32.1. The second-order valence-corrected chi connectivity index (χ2v) is 23.3. The van der Waals surface area contributed by atoms with Crippen LogP contribution in [0, 0.1) is 11.8 Å². The summed E-state index contributed by atoms with van der Waals surface area (Å²) >= 11 is 0. The van der Waals surface area contributed by atoms with E-state index in [2.05, 4.69) is 38.1 Å². The Hall–Kier alpha value is -9.30. The van der Waals surface area contributed by atoms with Gasteiger partial charge in [-0.05, 0) is 178 Å². The van der Waals surface area contributed by atoms with Crippen LogP contribution in [-0.2, 0) is 48.1 Å². The Bertz CT molecular complexity index is 3630. The molecule has 1 atom stereocenters. The summed E-state index contributed by atoms with van der Waals surface area (Å²) in [6, 6.07) is 52.8. The fraction of sp³-hybridized carbons (Fsp3) is 0.342. The number of rotatable bonds is 30. The summed E-state index contributed by atoms with van der Waals surface area (Å²) in [5.41, 5.74) is 11.6. The van der Waals surface area contributed by atoms with Gasteiger partial charge in [0.2, 0.25) is 11.8 Å². The molecular weight excluding hydrogens is 1130 g/mol. The van der Waals surface area contributed by atoms with Gasteiger partial charge in [-0.1, -0.05) is 180 Å². The number of amides is 3. The second kappa shape index (κ2) is 36.9. The maximum atomic E-state index is 12.8. The number of unbranched alkanes of at least 4 members (excludes halogenated alkanes) is 6. The van der Waals surface area contributed by atoms with Gasteiger partial charge in [-0.3, -0.25) is 19.4 Å². The van der Waals surface area contributed by atoms with Gasteiger partial charge in [-0.25, -0.2) is 19.4 Å². The molecule has 7 aromatic carbocycles. The predicted molar refractivity (Wildman–Crippen MR) is 359 cm³/mol. The van der Waals surface area contributed by atoms with Crippen molar-refractivity contribution in [3.05, 3.63) is 232 Å². The third-order valence-corrected chi connectivity index (χ3v) is 16.7. The molecule has 0 radical (unpaired) electrons. The smallest absolute Gasteiger partial charge is 0.335 e. The second-order valence-electron chi connectivity index (χ2n) is 23.3. The van der Waals surface area contributed by atoms with Crippen LogP contribution in [0.4, 0.5) is 17.1 Å². The predicted octanol–water partition coefficient (Wildman–Crippen LogP) is 17.1. The zero-order valence-electron chi connectivity index (χ0n) is 52.1. The average molecular weight is 1210 g/mol. The minimum atomic E-state index is -0.883. The van der Waals surface area contributed by atoms with Crippen molar-refractivity contribution in [2.75, 3.05) is 16.0 Å². The van der Waals surface area contributed by atoms with Crippen LogP contribution in [0.5, 0.6) is 0 Å². The van der Waals surface area contributed by atoms with Gasteiger partial charge < -0.3 is 31.3 Å². The van der Waals surface area contributed by atoms with E-state index in [0.717, 1.165) is 165 Å². The summed E-state index contributed by atoms with van der Waals surface area (Å²) in [4.78, 5) is 80.0. The summed E-state index contributed by atoms with van der Waals surface area (Å²) in [5.74, 6) is -1.96. The number of para-hydroxylation sites is 5. The van der Waals surface area contributed by atoms with Crippen LogP contribution >= 0.6 is 0 Å². The number of aryl methyl sites for hydroxylation is 6. The lowest BCUT2D eigenvalue weighted by Gasteiger charge is -2.14. The highest BCUT2D eigenvalue weighted by Crippen LogP contribution is 2.29. The van der Waals surface area contributed by atoms with Crippen LogP contribution in [0.1, 0.15) is 192 Å². The third kappa shape index (κ3) is 22.1. The molecule has 1 heterocycles. The van der Waals surface area contributed by atoms with Crippen molar-refractivity contribution in [3.8, 4) is 0 Å². The summed E-state index contributed by atoms with van der Waals surface area (Å²) in [6.07, 6.45) is 22.8.